The van der Waals surface area contributed by atoms with Crippen LogP contribution in [0, 0.1) is 0 Å². The van der Waals surface area contributed by atoms with Crippen LogP contribution in [0.5, 0.6) is 0 Å². The minimum atomic E-state index is 0.469. The normalized spacial score (nSPS) is 11.4. The van der Waals surface area contributed by atoms with Crippen molar-refractivity contribution in [3.05, 3.63) is 22.4 Å². The van der Waals surface area contributed by atoms with Crippen LogP contribution in [0.2, 0.25) is 5.15 Å². The van der Waals surface area contributed by atoms with Gasteiger partial charge >= 0.3 is 0 Å². The molecule has 4 heteroatoms. The highest BCUT2D eigenvalue weighted by atomic mass is 35.5. The molecule has 0 radical (unpaired) electrons. The van der Waals surface area contributed by atoms with Crippen LogP contribution in [-0.4, -0.2) is 9.97 Å². The van der Waals surface area contributed by atoms with E-state index in [1.165, 1.54) is 0 Å². The third-order valence-corrected chi connectivity index (χ3v) is 3.28. The molecular weight excluding hydrogens is 204 g/mol. The fraction of sp³-hybridized carbons (Fsp3) is 0.333. The van der Waals surface area contributed by atoms with Crippen molar-refractivity contribution < 1.29 is 0 Å². The number of fused-ring (bicyclic) bond motifs is 1. The first-order chi connectivity index (χ1) is 6.16. The molecule has 13 heavy (non-hydrogen) atoms. The lowest BCUT2D eigenvalue weighted by Crippen LogP contribution is -1.83. The predicted molar refractivity (Wildman–Crippen MR) is 56.5 cm³/mol. The minimum absolute atomic E-state index is 0.469. The zero-order chi connectivity index (χ0) is 9.42. The van der Waals surface area contributed by atoms with Gasteiger partial charge in [-0.2, -0.15) is 0 Å². The Hall–Kier alpha value is -0.670. The van der Waals surface area contributed by atoms with E-state index < -0.39 is 0 Å². The summed E-state index contributed by atoms with van der Waals surface area (Å²) in [6.45, 7) is 4.26. The lowest BCUT2D eigenvalue weighted by atomic mass is 10.2. The van der Waals surface area contributed by atoms with Crippen molar-refractivity contribution in [2.24, 2.45) is 0 Å². The zero-order valence-electron chi connectivity index (χ0n) is 7.41. The molecule has 68 valence electrons. The van der Waals surface area contributed by atoms with E-state index in [4.69, 9.17) is 11.6 Å². The van der Waals surface area contributed by atoms with Gasteiger partial charge in [0.25, 0.3) is 0 Å². The highest BCUT2D eigenvalue weighted by Gasteiger charge is 2.07. The van der Waals surface area contributed by atoms with E-state index in [-0.39, 0.29) is 0 Å². The summed E-state index contributed by atoms with van der Waals surface area (Å²) in [4.78, 5) is 8.44. The third-order valence-electron chi connectivity index (χ3n) is 1.75. The van der Waals surface area contributed by atoms with E-state index in [9.17, 15) is 0 Å². The molecular formula is C9H9ClN2S. The molecule has 0 N–H and O–H groups in total. The Labute approximate surface area is 85.6 Å². The van der Waals surface area contributed by atoms with Gasteiger partial charge in [-0.1, -0.05) is 25.4 Å². The molecule has 0 aliphatic rings. The van der Waals surface area contributed by atoms with E-state index in [2.05, 4.69) is 23.8 Å². The van der Waals surface area contributed by atoms with E-state index in [0.29, 0.717) is 11.1 Å². The predicted octanol–water partition coefficient (Wildman–Crippen LogP) is 3.47. The monoisotopic (exact) mass is 212 g/mol. The molecule has 0 bridgehead atoms. The molecule has 2 rings (SSSR count). The van der Waals surface area contributed by atoms with Crippen LogP contribution in [0.3, 0.4) is 0 Å². The number of hydrogen-bond acceptors (Lipinski definition) is 3. The summed E-state index contributed by atoms with van der Waals surface area (Å²) in [5.41, 5.74) is 0.943. The van der Waals surface area contributed by atoms with Crippen LogP contribution >= 0.6 is 22.9 Å². The molecule has 0 atom stereocenters. The number of hydrogen-bond donors (Lipinski definition) is 0. The van der Waals surface area contributed by atoms with Gasteiger partial charge in [0, 0.05) is 5.92 Å². The number of aromatic nitrogens is 2. The van der Waals surface area contributed by atoms with Gasteiger partial charge in [-0.05, 0) is 6.07 Å². The Morgan fingerprint density at radius 1 is 1.46 bits per heavy atom. The first-order valence-electron chi connectivity index (χ1n) is 4.09. The van der Waals surface area contributed by atoms with Crippen molar-refractivity contribution in [2.45, 2.75) is 19.8 Å². The molecule has 0 aromatic carbocycles. The van der Waals surface area contributed by atoms with Crippen molar-refractivity contribution in [2.75, 3.05) is 0 Å². The van der Waals surface area contributed by atoms with Crippen LogP contribution in [0.1, 0.15) is 24.8 Å². The van der Waals surface area contributed by atoms with Gasteiger partial charge < -0.3 is 0 Å². The minimum Gasteiger partial charge on any atom is -0.242 e. The molecule has 2 aromatic rings. The summed E-state index contributed by atoms with van der Waals surface area (Å²) in [5, 5.41) is 1.67. The molecule has 0 aliphatic heterocycles. The molecule has 0 fully saturated rings. The van der Waals surface area contributed by atoms with Crippen molar-refractivity contribution in [3.63, 3.8) is 0 Å². The van der Waals surface area contributed by atoms with Crippen molar-refractivity contribution in [1.29, 1.82) is 0 Å². The Bertz CT molecular complexity index is 436. The van der Waals surface area contributed by atoms with Gasteiger partial charge in [0.2, 0.25) is 0 Å². The van der Waals surface area contributed by atoms with E-state index >= 15 is 0 Å². The molecule has 0 spiro atoms. The summed E-state index contributed by atoms with van der Waals surface area (Å²) in [5.74, 6) is 0.469. The fourth-order valence-corrected chi connectivity index (χ4v) is 2.27. The topological polar surface area (TPSA) is 25.8 Å². The molecule has 0 saturated heterocycles. The maximum absolute atomic E-state index is 5.78. The summed E-state index contributed by atoms with van der Waals surface area (Å²) < 4.78 is 1.11. The standard InChI is InChI=1S/C9H9ClN2S/c1-5(2)9-12-6-4-11-8(10)3-7(6)13-9/h3-5H,1-2H3. The maximum atomic E-state index is 5.78. The first-order valence-corrected chi connectivity index (χ1v) is 5.28. The number of thiazole rings is 1. The van der Waals surface area contributed by atoms with Crippen LogP contribution < -0.4 is 0 Å². The molecule has 2 aromatic heterocycles. The number of pyridine rings is 1. The SMILES string of the molecule is CC(C)c1nc2cnc(Cl)cc2s1. The zero-order valence-corrected chi connectivity index (χ0v) is 8.99. The first kappa shape index (κ1) is 8.91. The van der Waals surface area contributed by atoms with Crippen molar-refractivity contribution >= 4 is 33.2 Å². The van der Waals surface area contributed by atoms with Gasteiger partial charge in [0.05, 0.1) is 21.4 Å². The Morgan fingerprint density at radius 2 is 2.23 bits per heavy atom. The van der Waals surface area contributed by atoms with Gasteiger partial charge in [-0.25, -0.2) is 9.97 Å². The second kappa shape index (κ2) is 3.24. The van der Waals surface area contributed by atoms with Gasteiger partial charge in [0.1, 0.15) is 5.15 Å². The molecule has 0 unspecified atom stereocenters. The smallest absolute Gasteiger partial charge is 0.130 e. The lowest BCUT2D eigenvalue weighted by Gasteiger charge is -1.94. The van der Waals surface area contributed by atoms with Crippen LogP contribution in [0.15, 0.2) is 12.3 Å². The average molecular weight is 213 g/mol. The van der Waals surface area contributed by atoms with Gasteiger partial charge in [0.15, 0.2) is 0 Å². The Kier molecular flexibility index (Phi) is 2.22. The van der Waals surface area contributed by atoms with E-state index in [1.54, 1.807) is 17.5 Å². The lowest BCUT2D eigenvalue weighted by molar-refractivity contribution is 0.856. The van der Waals surface area contributed by atoms with Crippen molar-refractivity contribution in [3.8, 4) is 0 Å². The highest BCUT2D eigenvalue weighted by Crippen LogP contribution is 2.27. The molecule has 0 amide bonds. The molecule has 2 heterocycles. The summed E-state index contributed by atoms with van der Waals surface area (Å²) >= 11 is 7.46. The summed E-state index contributed by atoms with van der Waals surface area (Å²) in [6.07, 6.45) is 1.72. The molecule has 0 aliphatic carbocycles. The largest absolute Gasteiger partial charge is 0.242 e. The van der Waals surface area contributed by atoms with Gasteiger partial charge in [-0.3, -0.25) is 0 Å². The second-order valence-corrected chi connectivity index (χ2v) is 4.63. The highest BCUT2D eigenvalue weighted by molar-refractivity contribution is 7.18. The second-order valence-electron chi connectivity index (χ2n) is 3.18. The van der Waals surface area contributed by atoms with Crippen LogP contribution in [0.25, 0.3) is 10.2 Å². The Balaban J connectivity index is 2.62. The third kappa shape index (κ3) is 1.67. The summed E-state index contributed by atoms with van der Waals surface area (Å²) in [6, 6.07) is 1.86. The molecule has 2 nitrogen and oxygen atoms in total. The molecule has 0 saturated carbocycles. The van der Waals surface area contributed by atoms with E-state index in [1.807, 2.05) is 6.07 Å². The number of halogens is 1. The van der Waals surface area contributed by atoms with Gasteiger partial charge in [-0.15, -0.1) is 11.3 Å². The fourth-order valence-electron chi connectivity index (χ4n) is 1.07. The van der Waals surface area contributed by atoms with Crippen LogP contribution in [0.4, 0.5) is 0 Å². The van der Waals surface area contributed by atoms with Crippen molar-refractivity contribution in [1.82, 2.24) is 9.97 Å². The summed E-state index contributed by atoms with van der Waals surface area (Å²) in [7, 11) is 0. The Morgan fingerprint density at radius 3 is 2.92 bits per heavy atom. The quantitative estimate of drug-likeness (QED) is 0.677. The number of rotatable bonds is 1. The van der Waals surface area contributed by atoms with E-state index in [0.717, 1.165) is 15.2 Å². The maximum Gasteiger partial charge on any atom is 0.130 e. The average Bonchev–Trinajstić information content (AvgIpc) is 2.46. The van der Waals surface area contributed by atoms with Crippen LogP contribution in [-0.2, 0) is 0 Å². The number of nitrogens with zero attached hydrogens (tertiary/aromatic N) is 2.